The van der Waals surface area contributed by atoms with Gasteiger partial charge in [-0.1, -0.05) is 36.4 Å². The van der Waals surface area contributed by atoms with E-state index in [2.05, 4.69) is 25.9 Å². The molecular weight excluding hydrogens is 838 g/mol. The molecule has 10 atom stereocenters. The minimum absolute atomic E-state index is 0. The number of fused-ring (bicyclic) bond motifs is 8. The van der Waals surface area contributed by atoms with E-state index in [-0.39, 0.29) is 36.1 Å². The molecule has 0 radical (unpaired) electrons. The topological polar surface area (TPSA) is 195 Å². The lowest BCUT2D eigenvalue weighted by Gasteiger charge is -2.51. The van der Waals surface area contributed by atoms with Gasteiger partial charge in [0, 0.05) is 59.1 Å². The molecule has 64 heavy (non-hydrogen) atoms. The number of ether oxygens (including phenoxy) is 2. The van der Waals surface area contributed by atoms with Gasteiger partial charge in [-0.05, 0) is 117 Å². The summed E-state index contributed by atoms with van der Waals surface area (Å²) >= 11 is 0. The summed E-state index contributed by atoms with van der Waals surface area (Å²) in [5.74, 6) is -7.80. The molecule has 10 unspecified atom stereocenters. The van der Waals surface area contributed by atoms with Gasteiger partial charge in [0.25, 0.3) is 0 Å². The van der Waals surface area contributed by atoms with E-state index >= 15 is 0 Å². The zero-order valence-corrected chi connectivity index (χ0v) is 37.9. The van der Waals surface area contributed by atoms with Crippen molar-refractivity contribution in [2.24, 2.45) is 47.3 Å². The Morgan fingerprint density at radius 3 is 1.39 bits per heavy atom. The number of nitrogens with zero attached hydrogens (tertiary/aromatic N) is 2. The third-order valence-electron chi connectivity index (χ3n) is 14.2. The second kappa shape index (κ2) is 20.3. The number of hydrogen-bond acceptors (Lipinski definition) is 10. The quantitative estimate of drug-likeness (QED) is 0.0585. The highest BCUT2D eigenvalue weighted by Crippen LogP contribution is 2.52. The van der Waals surface area contributed by atoms with Crippen LogP contribution in [-0.4, -0.2) is 122 Å². The van der Waals surface area contributed by atoms with Crippen molar-refractivity contribution in [2.75, 3.05) is 54.4 Å². The van der Waals surface area contributed by atoms with Crippen molar-refractivity contribution in [3.8, 4) is 0 Å². The van der Waals surface area contributed by atoms with E-state index in [0.29, 0.717) is 75.6 Å². The van der Waals surface area contributed by atoms with Gasteiger partial charge in [-0.25, -0.2) is 9.59 Å². The number of benzene rings is 2. The van der Waals surface area contributed by atoms with Crippen molar-refractivity contribution in [3.05, 3.63) is 72.1 Å². The molecule has 4 bridgehead atoms. The van der Waals surface area contributed by atoms with Crippen LogP contribution in [0, 0.1) is 47.3 Å². The van der Waals surface area contributed by atoms with Crippen molar-refractivity contribution in [1.29, 1.82) is 0 Å². The van der Waals surface area contributed by atoms with Crippen LogP contribution >= 0.6 is 12.4 Å². The van der Waals surface area contributed by atoms with Gasteiger partial charge in [-0.2, -0.15) is 0 Å². The minimum atomic E-state index is -0.967. The Balaban J connectivity index is 0.00000612. The minimum Gasteiger partial charge on any atom is -0.458 e. The van der Waals surface area contributed by atoms with E-state index in [1.807, 2.05) is 86.5 Å². The fourth-order valence-electron chi connectivity index (χ4n) is 11.3. The van der Waals surface area contributed by atoms with Gasteiger partial charge >= 0.3 is 11.9 Å². The first kappa shape index (κ1) is 46.7. The molecule has 4 aromatic rings. The predicted octanol–water partition coefficient (Wildman–Crippen LogP) is 4.93. The number of para-hydroxylation sites is 2. The van der Waals surface area contributed by atoms with Gasteiger partial charge in [0.1, 0.15) is 12.2 Å². The van der Waals surface area contributed by atoms with Gasteiger partial charge in [0.15, 0.2) is 0 Å². The monoisotopic (exact) mass is 899 g/mol. The van der Waals surface area contributed by atoms with Gasteiger partial charge in [-0.15, -0.1) is 12.4 Å². The SMILES string of the molecule is CN(C)CCCNC(=O)C1C2CCC(C(OC(=O)c3c[nH]c4ccccc34)C2)C1C(=O)NC(=O)C1C2CCC(CC2OC(=O)c2c[nH]c3ccccc23)C1C(=O)NCCCN(C)C.Cl. The number of aromatic amines is 2. The van der Waals surface area contributed by atoms with Crippen LogP contribution in [0.5, 0.6) is 0 Å². The lowest BCUT2D eigenvalue weighted by Crippen LogP contribution is -2.61. The molecule has 344 valence electrons. The summed E-state index contributed by atoms with van der Waals surface area (Å²) in [5, 5.41) is 10.3. The zero-order chi connectivity index (χ0) is 44.4. The first-order chi connectivity index (χ1) is 30.4. The average molecular weight is 901 g/mol. The Hall–Kier alpha value is -5.25. The number of esters is 2. The normalized spacial score (nSPS) is 27.0. The molecule has 0 spiro atoms. The maximum atomic E-state index is 14.8. The molecule has 2 aromatic carbocycles. The highest BCUT2D eigenvalue weighted by atomic mass is 35.5. The summed E-state index contributed by atoms with van der Waals surface area (Å²) in [4.78, 5) is 95.8. The van der Waals surface area contributed by atoms with Gasteiger partial charge in [0.05, 0.1) is 34.8 Å². The van der Waals surface area contributed by atoms with Crippen molar-refractivity contribution in [3.63, 3.8) is 0 Å². The first-order valence-electron chi connectivity index (χ1n) is 22.6. The third-order valence-corrected chi connectivity index (χ3v) is 14.2. The number of aromatic nitrogens is 2. The number of hydrogen-bond donors (Lipinski definition) is 5. The van der Waals surface area contributed by atoms with E-state index in [4.69, 9.17) is 9.47 Å². The second-order valence-electron chi connectivity index (χ2n) is 18.7. The van der Waals surface area contributed by atoms with Crippen LogP contribution < -0.4 is 16.0 Å². The number of carbonyl (C=O) groups excluding carboxylic acids is 6. The standard InChI is InChI=1S/C48H61N7O8.ClH/c1-54(2)21-9-19-49-43(56)39-27-15-17-31(37(23-27)62-47(60)33-25-51-35-13-7-5-11-29(33)35)41(39)45(58)53-46(59)42-32-18-16-28(40(42)44(57)50-20-10-22-55(3)4)24-38(32)63-48(61)34-26-52-36-14-8-6-12-30(34)36;/h5-8,11-14,25-28,31-32,37-42,51-52H,9-10,15-24H2,1-4H3,(H,49,56)(H,50,57)(H,53,58,59);1H. The lowest BCUT2D eigenvalue weighted by molar-refractivity contribution is -0.162. The molecule has 5 N–H and O–H groups in total. The van der Waals surface area contributed by atoms with Crippen LogP contribution in [0.25, 0.3) is 21.8 Å². The van der Waals surface area contributed by atoms with E-state index in [9.17, 15) is 28.8 Å². The smallest absolute Gasteiger partial charge is 0.340 e. The molecule has 16 heteroatoms. The molecule has 4 amide bonds. The van der Waals surface area contributed by atoms with E-state index in [0.717, 1.165) is 34.9 Å². The van der Waals surface area contributed by atoms with Gasteiger partial charge < -0.3 is 39.9 Å². The first-order valence-corrected chi connectivity index (χ1v) is 22.6. The largest absolute Gasteiger partial charge is 0.458 e. The van der Waals surface area contributed by atoms with Crippen LogP contribution in [0.4, 0.5) is 0 Å². The van der Waals surface area contributed by atoms with Crippen molar-refractivity contribution >= 4 is 69.8 Å². The molecule has 0 aliphatic heterocycles. The van der Waals surface area contributed by atoms with E-state index < -0.39 is 71.5 Å². The molecule has 10 rings (SSSR count). The number of halogens is 1. The van der Waals surface area contributed by atoms with Crippen molar-refractivity contribution in [1.82, 2.24) is 35.7 Å². The maximum Gasteiger partial charge on any atom is 0.340 e. The highest BCUT2D eigenvalue weighted by molar-refractivity contribution is 6.05. The fourth-order valence-corrected chi connectivity index (χ4v) is 11.3. The van der Waals surface area contributed by atoms with Crippen LogP contribution in [0.3, 0.4) is 0 Å². The maximum absolute atomic E-state index is 14.8. The second-order valence-corrected chi connectivity index (χ2v) is 18.7. The van der Waals surface area contributed by atoms with Crippen LogP contribution in [0.15, 0.2) is 60.9 Å². The third kappa shape index (κ3) is 9.71. The Bertz CT molecular complexity index is 2180. The Kier molecular flexibility index (Phi) is 14.8. The van der Waals surface area contributed by atoms with Crippen molar-refractivity contribution < 1.29 is 38.2 Å². The van der Waals surface area contributed by atoms with Gasteiger partial charge in [-0.3, -0.25) is 24.5 Å². The lowest BCUT2D eigenvalue weighted by atomic mass is 9.56. The number of carbonyl (C=O) groups is 6. The summed E-state index contributed by atoms with van der Waals surface area (Å²) in [6.45, 7) is 2.39. The van der Waals surface area contributed by atoms with Crippen molar-refractivity contribution in [2.45, 2.75) is 63.6 Å². The Labute approximate surface area is 379 Å². The fraction of sp³-hybridized carbons (Fsp3) is 0.542. The summed E-state index contributed by atoms with van der Waals surface area (Å²) in [6, 6.07) is 14.9. The Morgan fingerprint density at radius 2 is 0.984 bits per heavy atom. The highest BCUT2D eigenvalue weighted by Gasteiger charge is 2.58. The molecule has 6 saturated carbocycles. The number of rotatable bonds is 16. The molecule has 2 aromatic heterocycles. The van der Waals surface area contributed by atoms with Crippen LogP contribution in [-0.2, 0) is 28.7 Å². The summed E-state index contributed by atoms with van der Waals surface area (Å²) < 4.78 is 12.4. The average Bonchev–Trinajstić information content (AvgIpc) is 3.91. The van der Waals surface area contributed by atoms with Crippen LogP contribution in [0.2, 0.25) is 0 Å². The summed E-state index contributed by atoms with van der Waals surface area (Å²) in [5.41, 5.74) is 2.36. The summed E-state index contributed by atoms with van der Waals surface area (Å²) in [7, 11) is 7.85. The summed E-state index contributed by atoms with van der Waals surface area (Å²) in [6.07, 6.45) is 6.60. The number of imide groups is 1. The number of nitrogens with one attached hydrogen (secondary N) is 5. The van der Waals surface area contributed by atoms with E-state index in [1.165, 1.54) is 0 Å². The molecule has 15 nitrogen and oxygen atoms in total. The number of amides is 4. The molecule has 2 heterocycles. The number of H-pyrrole nitrogens is 2. The molecule has 6 aliphatic rings. The molecule has 0 saturated heterocycles. The Morgan fingerprint density at radius 1 is 0.578 bits per heavy atom. The van der Waals surface area contributed by atoms with Gasteiger partial charge in [0.2, 0.25) is 23.6 Å². The zero-order valence-electron chi connectivity index (χ0n) is 37.1. The molecule has 6 aliphatic carbocycles. The van der Waals surface area contributed by atoms with E-state index in [1.54, 1.807) is 12.4 Å². The van der Waals surface area contributed by atoms with Crippen LogP contribution in [0.1, 0.15) is 72.1 Å². The molecular formula is C48H62ClN7O8. The predicted molar refractivity (Wildman–Crippen MR) is 243 cm³/mol. The molecule has 6 fully saturated rings.